The number of H-pyrrole nitrogens is 1. The zero-order valence-corrected chi connectivity index (χ0v) is 19.3. The number of thiazole rings is 1. The number of hydrogen-bond acceptors (Lipinski definition) is 9. The molecule has 33 heavy (non-hydrogen) atoms. The minimum Gasteiger partial charge on any atom is -0.333 e. The fraction of sp³-hybridized carbons (Fsp3) is 0.0476. The number of para-hydroxylation sites is 2. The first-order chi connectivity index (χ1) is 16.0. The predicted molar refractivity (Wildman–Crippen MR) is 128 cm³/mol. The second kappa shape index (κ2) is 8.36. The van der Waals surface area contributed by atoms with Crippen LogP contribution in [0.4, 0.5) is 5.69 Å². The molecule has 0 radical (unpaired) electrons. The number of nitriles is 1. The molecule has 0 saturated carbocycles. The summed E-state index contributed by atoms with van der Waals surface area (Å²) in [5, 5.41) is 21.7. The second-order valence-corrected chi connectivity index (χ2v) is 9.76. The van der Waals surface area contributed by atoms with Crippen LogP contribution in [0, 0.1) is 21.4 Å². The van der Waals surface area contributed by atoms with Gasteiger partial charge in [0.15, 0.2) is 10.1 Å². The molecule has 1 N–H and O–H groups in total. The maximum absolute atomic E-state index is 13.3. The summed E-state index contributed by atoms with van der Waals surface area (Å²) in [6.45, 7) is 0. The summed E-state index contributed by atoms with van der Waals surface area (Å²) in [6, 6.07) is 15.5. The average Bonchev–Trinajstić information content (AvgIpc) is 3.39. The molecule has 0 amide bonds. The minimum absolute atomic E-state index is 0.0405. The smallest absolute Gasteiger partial charge is 0.278 e. The lowest BCUT2D eigenvalue weighted by Crippen LogP contribution is -2.19. The van der Waals surface area contributed by atoms with Crippen LogP contribution in [0.25, 0.3) is 27.3 Å². The van der Waals surface area contributed by atoms with Gasteiger partial charge in [0.1, 0.15) is 16.7 Å². The van der Waals surface area contributed by atoms with E-state index in [0.29, 0.717) is 26.4 Å². The lowest BCUT2D eigenvalue weighted by molar-refractivity contribution is -0.384. The van der Waals surface area contributed by atoms with Crippen molar-refractivity contribution in [3.63, 3.8) is 0 Å². The first kappa shape index (κ1) is 21.2. The highest BCUT2D eigenvalue weighted by atomic mass is 32.2. The molecule has 12 heteroatoms. The number of nitrogens with zero attached hydrogens (tertiary/aromatic N) is 5. The van der Waals surface area contributed by atoms with E-state index < -0.39 is 10.5 Å². The number of aromatic nitrogens is 4. The number of nitro groups is 1. The van der Waals surface area contributed by atoms with Crippen molar-refractivity contribution in [1.29, 1.82) is 5.26 Å². The third kappa shape index (κ3) is 3.66. The van der Waals surface area contributed by atoms with Gasteiger partial charge in [-0.1, -0.05) is 23.5 Å². The quantitative estimate of drug-likeness (QED) is 0.158. The van der Waals surface area contributed by atoms with Crippen LogP contribution in [0.3, 0.4) is 0 Å². The lowest BCUT2D eigenvalue weighted by atomic mass is 10.1. The maximum Gasteiger partial charge on any atom is 0.278 e. The summed E-state index contributed by atoms with van der Waals surface area (Å²) >= 11 is 3.86. The molecule has 0 aliphatic carbocycles. The Hall–Kier alpha value is -3.66. The number of non-ortho nitro benzene ring substituents is 1. The summed E-state index contributed by atoms with van der Waals surface area (Å²) in [6.07, 6.45) is 1.76. The number of hydrogen-bond donors (Lipinski definition) is 1. The molecule has 0 fully saturated rings. The van der Waals surface area contributed by atoms with Gasteiger partial charge < -0.3 is 4.98 Å². The van der Waals surface area contributed by atoms with Crippen LogP contribution < -0.4 is 5.56 Å². The molecule has 0 aliphatic rings. The number of fused-ring (bicyclic) bond motifs is 2. The molecule has 0 aliphatic heterocycles. The van der Waals surface area contributed by atoms with Crippen LogP contribution in [0.1, 0.15) is 5.56 Å². The van der Waals surface area contributed by atoms with Crippen LogP contribution in [0.15, 0.2) is 67.7 Å². The normalized spacial score (nSPS) is 11.2. The molecular weight excluding hydrogens is 480 g/mol. The highest BCUT2D eigenvalue weighted by molar-refractivity contribution is 8.01. The van der Waals surface area contributed by atoms with E-state index in [9.17, 15) is 20.2 Å². The summed E-state index contributed by atoms with van der Waals surface area (Å²) < 4.78 is 2.12. The van der Waals surface area contributed by atoms with Gasteiger partial charge in [0.2, 0.25) is 0 Å². The predicted octanol–water partition coefficient (Wildman–Crippen LogP) is 4.95. The Kier molecular flexibility index (Phi) is 5.37. The number of nitrogens with one attached hydrogen (secondary N) is 1. The van der Waals surface area contributed by atoms with Gasteiger partial charge in [-0.05, 0) is 42.3 Å². The highest BCUT2D eigenvalue weighted by Gasteiger charge is 2.23. The Morgan fingerprint density at radius 3 is 2.61 bits per heavy atom. The first-order valence-corrected chi connectivity index (χ1v) is 12.3. The number of rotatable bonds is 5. The third-order valence-electron chi connectivity index (χ3n) is 4.83. The van der Waals surface area contributed by atoms with Crippen LogP contribution in [-0.2, 0) is 0 Å². The molecule has 0 atom stereocenters. The second-order valence-electron chi connectivity index (χ2n) is 6.73. The summed E-state index contributed by atoms with van der Waals surface area (Å²) in [7, 11) is 0. The summed E-state index contributed by atoms with van der Waals surface area (Å²) in [5.41, 5.74) is 2.22. The molecule has 0 bridgehead atoms. The number of benzene rings is 2. The van der Waals surface area contributed by atoms with E-state index in [4.69, 9.17) is 0 Å². The lowest BCUT2D eigenvalue weighted by Gasteiger charge is -2.06. The molecule has 2 aromatic carbocycles. The first-order valence-electron chi connectivity index (χ1n) is 9.41. The topological polar surface area (TPSA) is 130 Å². The highest BCUT2D eigenvalue weighted by Crippen LogP contribution is 2.41. The average molecular weight is 493 g/mol. The molecule has 0 unspecified atom stereocenters. The van der Waals surface area contributed by atoms with Crippen LogP contribution >= 0.6 is 34.9 Å². The van der Waals surface area contributed by atoms with Gasteiger partial charge in [-0.15, -0.1) is 11.8 Å². The minimum atomic E-state index is -0.480. The third-order valence-corrected chi connectivity index (χ3v) is 7.62. The van der Waals surface area contributed by atoms with E-state index in [1.54, 1.807) is 18.4 Å². The van der Waals surface area contributed by atoms with Gasteiger partial charge in [0.05, 0.1) is 25.9 Å². The maximum atomic E-state index is 13.3. The molecule has 0 spiro atoms. The van der Waals surface area contributed by atoms with E-state index in [-0.39, 0.29) is 11.3 Å². The number of nitro benzene ring substituents is 1. The largest absolute Gasteiger partial charge is 0.333 e. The van der Waals surface area contributed by atoms with Crippen LogP contribution in [-0.4, -0.2) is 30.5 Å². The molecule has 5 rings (SSSR count). The number of thioether (sulfide) groups is 1. The standard InChI is InChI=1S/C21H12N6O3S3/c1-31-17-13(10-22)18(28)26-16(11-6-8-12(9-7-11)27(29)30)19(33-21(26)25-17)32-20-23-14-4-2-3-5-15(14)24-20/h2-9H,1H3,(H,23,24). The molecule has 5 aromatic rings. The fourth-order valence-corrected chi connectivity index (χ4v) is 6.20. The zero-order chi connectivity index (χ0) is 23.1. The SMILES string of the molecule is CSc1nc2sc(Sc3nc4ccccc4[nH]3)c(-c3ccc([N+](=O)[O-])cc3)n2c(=O)c1C#N. The van der Waals surface area contributed by atoms with E-state index in [1.807, 2.05) is 30.3 Å². The van der Waals surface area contributed by atoms with Crippen molar-refractivity contribution in [3.05, 3.63) is 74.6 Å². The van der Waals surface area contributed by atoms with Gasteiger partial charge in [-0.3, -0.25) is 14.9 Å². The van der Waals surface area contributed by atoms with Gasteiger partial charge in [0, 0.05) is 17.7 Å². The fourth-order valence-electron chi connectivity index (χ4n) is 3.34. The Morgan fingerprint density at radius 1 is 1.18 bits per heavy atom. The van der Waals surface area contributed by atoms with E-state index in [1.165, 1.54) is 51.4 Å². The molecular formula is C21H12N6O3S3. The van der Waals surface area contributed by atoms with Crippen molar-refractivity contribution in [2.24, 2.45) is 0 Å². The number of aromatic amines is 1. The van der Waals surface area contributed by atoms with Crippen molar-refractivity contribution in [2.75, 3.05) is 6.26 Å². The Bertz CT molecular complexity index is 1610. The molecule has 3 aromatic heterocycles. The van der Waals surface area contributed by atoms with Crippen molar-refractivity contribution in [1.82, 2.24) is 19.4 Å². The van der Waals surface area contributed by atoms with Gasteiger partial charge in [-0.25, -0.2) is 14.4 Å². The van der Waals surface area contributed by atoms with Gasteiger partial charge in [0.25, 0.3) is 11.2 Å². The van der Waals surface area contributed by atoms with E-state index in [2.05, 4.69) is 15.0 Å². The molecule has 162 valence electrons. The Balaban J connectivity index is 1.75. The Labute approximate surface area is 198 Å². The zero-order valence-electron chi connectivity index (χ0n) is 16.8. The number of imidazole rings is 1. The molecule has 9 nitrogen and oxygen atoms in total. The molecule has 3 heterocycles. The van der Waals surface area contributed by atoms with Crippen LogP contribution in [0.5, 0.6) is 0 Å². The van der Waals surface area contributed by atoms with E-state index in [0.717, 1.165) is 15.2 Å². The molecule has 0 saturated heterocycles. The van der Waals surface area contributed by atoms with E-state index >= 15 is 0 Å². The van der Waals surface area contributed by atoms with Gasteiger partial charge >= 0.3 is 0 Å². The van der Waals surface area contributed by atoms with Gasteiger partial charge in [-0.2, -0.15) is 5.26 Å². The van der Waals surface area contributed by atoms with Crippen molar-refractivity contribution in [3.8, 4) is 17.3 Å². The summed E-state index contributed by atoms with van der Waals surface area (Å²) in [4.78, 5) is 36.7. The summed E-state index contributed by atoms with van der Waals surface area (Å²) in [5.74, 6) is 0. The van der Waals surface area contributed by atoms with Crippen molar-refractivity contribution in [2.45, 2.75) is 14.4 Å². The van der Waals surface area contributed by atoms with Crippen LogP contribution in [0.2, 0.25) is 0 Å². The van der Waals surface area contributed by atoms with Crippen molar-refractivity contribution >= 4 is 56.5 Å². The monoisotopic (exact) mass is 492 g/mol. The van der Waals surface area contributed by atoms with Crippen molar-refractivity contribution < 1.29 is 4.92 Å². The Morgan fingerprint density at radius 2 is 1.94 bits per heavy atom.